The van der Waals surface area contributed by atoms with Gasteiger partial charge in [-0.15, -0.1) is 0 Å². The molecule has 0 N–H and O–H groups in total. The molecule has 1 atom stereocenters. The molecule has 1 aromatic heterocycles. The monoisotopic (exact) mass is 380 g/mol. The van der Waals surface area contributed by atoms with Gasteiger partial charge < -0.3 is 13.9 Å². The minimum Gasteiger partial charge on any atom is -0.474 e. The zero-order valence-corrected chi connectivity index (χ0v) is 16.4. The summed E-state index contributed by atoms with van der Waals surface area (Å²) >= 11 is 0. The summed E-state index contributed by atoms with van der Waals surface area (Å²) in [4.78, 5) is 24.5. The molecular weight excluding hydrogens is 356 g/mol. The number of carbonyl (C=O) groups excluding carboxylic acids is 1. The van der Waals surface area contributed by atoms with Gasteiger partial charge in [0.2, 0.25) is 6.10 Å². The quantitative estimate of drug-likeness (QED) is 0.438. The minimum absolute atomic E-state index is 0.261. The van der Waals surface area contributed by atoms with Crippen molar-refractivity contribution in [2.45, 2.75) is 39.7 Å². The van der Waals surface area contributed by atoms with E-state index in [1.807, 2.05) is 49.4 Å². The second kappa shape index (κ2) is 8.74. The molecule has 0 spiro atoms. The van der Waals surface area contributed by atoms with E-state index in [1.54, 1.807) is 6.92 Å². The van der Waals surface area contributed by atoms with Crippen LogP contribution in [0.25, 0.3) is 11.0 Å². The fraction of sp³-hybridized carbons (Fsp3) is 0.304. The van der Waals surface area contributed by atoms with Crippen LogP contribution >= 0.6 is 0 Å². The van der Waals surface area contributed by atoms with Crippen LogP contribution in [0.1, 0.15) is 43.1 Å². The highest BCUT2D eigenvalue weighted by atomic mass is 16.6. The Kier molecular flexibility index (Phi) is 6.14. The van der Waals surface area contributed by atoms with E-state index < -0.39 is 12.1 Å². The Labute approximate surface area is 163 Å². The number of aryl methyl sites for hydroxylation is 2. The van der Waals surface area contributed by atoms with Crippen molar-refractivity contribution in [3.8, 4) is 5.75 Å². The minimum atomic E-state index is -0.900. The van der Waals surface area contributed by atoms with Gasteiger partial charge in [0, 0.05) is 22.6 Å². The van der Waals surface area contributed by atoms with E-state index in [0.717, 1.165) is 23.8 Å². The number of rotatable bonds is 7. The Morgan fingerprint density at radius 1 is 1.11 bits per heavy atom. The topological polar surface area (TPSA) is 65.7 Å². The molecule has 146 valence electrons. The molecule has 5 nitrogen and oxygen atoms in total. The van der Waals surface area contributed by atoms with Crippen molar-refractivity contribution in [3.63, 3.8) is 0 Å². The maximum atomic E-state index is 12.5. The van der Waals surface area contributed by atoms with E-state index in [1.165, 1.54) is 6.07 Å². The van der Waals surface area contributed by atoms with Crippen LogP contribution in [0.15, 0.2) is 57.7 Å². The van der Waals surface area contributed by atoms with Crippen LogP contribution in [-0.2, 0) is 16.0 Å². The smallest absolute Gasteiger partial charge is 0.352 e. The molecule has 0 unspecified atom stereocenters. The third-order valence-corrected chi connectivity index (χ3v) is 4.56. The first kappa shape index (κ1) is 19.7. The normalized spacial score (nSPS) is 12.0. The van der Waals surface area contributed by atoms with Gasteiger partial charge in [-0.05, 0) is 38.0 Å². The Morgan fingerprint density at radius 3 is 2.54 bits per heavy atom. The van der Waals surface area contributed by atoms with E-state index in [2.05, 4.69) is 6.92 Å². The Hall–Kier alpha value is -3.08. The summed E-state index contributed by atoms with van der Waals surface area (Å²) in [7, 11) is 0. The number of benzene rings is 2. The van der Waals surface area contributed by atoms with Crippen molar-refractivity contribution in [2.75, 3.05) is 6.61 Å². The molecule has 3 aromatic rings. The van der Waals surface area contributed by atoms with Gasteiger partial charge in [0.05, 0.1) is 6.61 Å². The molecule has 0 saturated heterocycles. The largest absolute Gasteiger partial charge is 0.474 e. The summed E-state index contributed by atoms with van der Waals surface area (Å²) < 4.78 is 16.7. The summed E-state index contributed by atoms with van der Waals surface area (Å²) in [6.07, 6.45) is 0.814. The summed E-state index contributed by atoms with van der Waals surface area (Å²) in [5, 5.41) is 0.888. The molecular formula is C23H24O5. The van der Waals surface area contributed by atoms with Crippen molar-refractivity contribution in [1.82, 2.24) is 0 Å². The highest BCUT2D eigenvalue weighted by Crippen LogP contribution is 2.32. The zero-order chi connectivity index (χ0) is 20.1. The molecule has 0 radical (unpaired) electrons. The lowest BCUT2D eigenvalue weighted by atomic mass is 10.0. The molecule has 5 heteroatoms. The number of carbonyl (C=O) groups is 1. The van der Waals surface area contributed by atoms with E-state index in [4.69, 9.17) is 13.9 Å². The van der Waals surface area contributed by atoms with Crippen molar-refractivity contribution in [1.29, 1.82) is 0 Å². The molecule has 1 heterocycles. The van der Waals surface area contributed by atoms with Gasteiger partial charge in [-0.2, -0.15) is 0 Å². The number of hydrogen-bond donors (Lipinski definition) is 0. The first-order valence-corrected chi connectivity index (χ1v) is 9.49. The maximum Gasteiger partial charge on any atom is 0.352 e. The van der Waals surface area contributed by atoms with E-state index in [-0.39, 0.29) is 12.2 Å². The zero-order valence-electron chi connectivity index (χ0n) is 16.4. The molecule has 0 aliphatic heterocycles. The molecule has 0 bridgehead atoms. The average Bonchev–Trinajstić information content (AvgIpc) is 2.69. The molecule has 0 aliphatic rings. The lowest BCUT2D eigenvalue weighted by molar-refractivity contribution is -0.151. The second-order valence-corrected chi connectivity index (χ2v) is 6.57. The van der Waals surface area contributed by atoms with Gasteiger partial charge >= 0.3 is 11.6 Å². The molecule has 28 heavy (non-hydrogen) atoms. The number of ether oxygens (including phenoxy) is 2. The lowest BCUT2D eigenvalue weighted by Gasteiger charge is -2.20. The molecule has 0 saturated carbocycles. The summed E-state index contributed by atoms with van der Waals surface area (Å²) in [6.45, 7) is 5.90. The van der Waals surface area contributed by atoms with E-state index >= 15 is 0 Å². The first-order valence-electron chi connectivity index (χ1n) is 9.49. The molecule has 3 rings (SSSR count). The van der Waals surface area contributed by atoms with Crippen LogP contribution in [0.5, 0.6) is 5.75 Å². The van der Waals surface area contributed by atoms with Gasteiger partial charge in [0.15, 0.2) is 0 Å². The number of esters is 1. The Balaban J connectivity index is 2.05. The van der Waals surface area contributed by atoms with Crippen LogP contribution in [0.4, 0.5) is 0 Å². The molecule has 0 amide bonds. The van der Waals surface area contributed by atoms with Gasteiger partial charge in [-0.3, -0.25) is 0 Å². The fourth-order valence-corrected chi connectivity index (χ4v) is 3.24. The van der Waals surface area contributed by atoms with Gasteiger partial charge in [-0.25, -0.2) is 9.59 Å². The SMILES string of the molecule is CCCc1cc(=O)oc2c(C)c(O[C@H](C(=O)OCC)c3ccccc3)ccc12. The first-order chi connectivity index (χ1) is 13.5. The van der Waals surface area contributed by atoms with Crippen LogP contribution in [0.2, 0.25) is 0 Å². The van der Waals surface area contributed by atoms with Crippen LogP contribution in [-0.4, -0.2) is 12.6 Å². The van der Waals surface area contributed by atoms with Crippen LogP contribution in [0, 0.1) is 6.92 Å². The second-order valence-electron chi connectivity index (χ2n) is 6.57. The highest BCUT2D eigenvalue weighted by Gasteiger charge is 2.25. The van der Waals surface area contributed by atoms with Crippen LogP contribution < -0.4 is 10.4 Å². The van der Waals surface area contributed by atoms with E-state index in [9.17, 15) is 9.59 Å². The van der Waals surface area contributed by atoms with Gasteiger partial charge in [0.1, 0.15) is 11.3 Å². The Morgan fingerprint density at radius 2 is 1.86 bits per heavy atom. The maximum absolute atomic E-state index is 12.5. The van der Waals surface area contributed by atoms with Gasteiger partial charge in [-0.1, -0.05) is 43.7 Å². The molecule has 0 aliphatic carbocycles. The van der Waals surface area contributed by atoms with Crippen LogP contribution in [0.3, 0.4) is 0 Å². The summed E-state index contributed by atoms with van der Waals surface area (Å²) in [5.41, 5.74) is 2.43. The predicted octanol–water partition coefficient (Wildman–Crippen LogP) is 4.74. The number of hydrogen-bond acceptors (Lipinski definition) is 5. The molecule has 2 aromatic carbocycles. The van der Waals surface area contributed by atoms with Gasteiger partial charge in [0.25, 0.3) is 0 Å². The Bertz CT molecular complexity index is 1020. The van der Waals surface area contributed by atoms with E-state index in [0.29, 0.717) is 22.5 Å². The predicted molar refractivity (Wildman–Crippen MR) is 108 cm³/mol. The van der Waals surface area contributed by atoms with Crippen molar-refractivity contribution >= 4 is 16.9 Å². The van der Waals surface area contributed by atoms with Crippen molar-refractivity contribution < 1.29 is 18.7 Å². The fourth-order valence-electron chi connectivity index (χ4n) is 3.24. The summed E-state index contributed by atoms with van der Waals surface area (Å²) in [6, 6.07) is 14.4. The van der Waals surface area contributed by atoms with Crippen molar-refractivity contribution in [2.24, 2.45) is 0 Å². The number of fused-ring (bicyclic) bond motifs is 1. The highest BCUT2D eigenvalue weighted by molar-refractivity contribution is 5.85. The third kappa shape index (κ3) is 4.09. The lowest BCUT2D eigenvalue weighted by Crippen LogP contribution is -2.21. The summed E-state index contributed by atoms with van der Waals surface area (Å²) in [5.74, 6) is 0.0144. The third-order valence-electron chi connectivity index (χ3n) is 4.56. The average molecular weight is 380 g/mol. The standard InChI is InChI=1S/C23H24O5/c1-4-9-17-14-20(24)28-21-15(3)19(13-12-18(17)21)27-22(23(25)26-5-2)16-10-7-6-8-11-16/h6-8,10-14,22H,4-5,9H2,1-3H3/t22-/m0/s1. The van der Waals surface area contributed by atoms with Crippen molar-refractivity contribution in [3.05, 3.63) is 75.6 Å². The molecule has 0 fully saturated rings.